The Kier molecular flexibility index (Phi) is 73.1. The van der Waals surface area contributed by atoms with E-state index >= 15 is 0 Å². The first-order chi connectivity index (χ1) is 49.4. The van der Waals surface area contributed by atoms with Gasteiger partial charge in [0.25, 0.3) is 0 Å². The highest BCUT2D eigenvalue weighted by atomic mass is 31.2. The van der Waals surface area contributed by atoms with Crippen LogP contribution < -0.4 is 0 Å². The van der Waals surface area contributed by atoms with E-state index in [4.69, 9.17) is 37.0 Å². The molecule has 0 saturated heterocycles. The second-order valence-electron chi connectivity index (χ2n) is 30.8. The Bertz CT molecular complexity index is 1960. The van der Waals surface area contributed by atoms with Gasteiger partial charge >= 0.3 is 39.5 Å². The van der Waals surface area contributed by atoms with Crippen LogP contribution in [0.3, 0.4) is 0 Å². The van der Waals surface area contributed by atoms with Crippen LogP contribution in [-0.4, -0.2) is 96.7 Å². The fraction of sp³-hybridized carbons (Fsp3) is 0.952. The van der Waals surface area contributed by atoms with Gasteiger partial charge in [0.1, 0.15) is 19.3 Å². The van der Waals surface area contributed by atoms with Crippen molar-refractivity contribution in [3.8, 4) is 0 Å². The second kappa shape index (κ2) is 74.5. The maximum Gasteiger partial charge on any atom is 0.472 e. The topological polar surface area (TPSA) is 237 Å². The predicted octanol–water partition coefficient (Wildman–Crippen LogP) is 25.1. The molecule has 3 N–H and O–H groups in total. The highest BCUT2D eigenvalue weighted by Gasteiger charge is 2.30. The van der Waals surface area contributed by atoms with Crippen molar-refractivity contribution in [2.75, 3.05) is 39.6 Å². The van der Waals surface area contributed by atoms with Crippen LogP contribution in [-0.2, 0) is 65.4 Å². The van der Waals surface area contributed by atoms with Crippen LogP contribution in [0.5, 0.6) is 0 Å². The van der Waals surface area contributed by atoms with Crippen LogP contribution in [0.1, 0.15) is 440 Å². The minimum absolute atomic E-state index is 0.107. The van der Waals surface area contributed by atoms with Crippen molar-refractivity contribution in [2.24, 2.45) is 11.8 Å². The molecule has 0 saturated carbocycles. The molecule has 19 heteroatoms. The summed E-state index contributed by atoms with van der Waals surface area (Å²) in [4.78, 5) is 73.0. The van der Waals surface area contributed by atoms with Crippen LogP contribution in [0, 0.1) is 11.8 Å². The summed E-state index contributed by atoms with van der Waals surface area (Å²) in [6.45, 7) is 9.68. The minimum atomic E-state index is -4.96. The van der Waals surface area contributed by atoms with Gasteiger partial charge in [0.15, 0.2) is 12.2 Å². The lowest BCUT2D eigenvalue weighted by Crippen LogP contribution is -2.30. The standard InChI is InChI=1S/C83H162O17P2/c1-7-9-11-13-15-17-18-19-20-23-27-32-37-42-48-54-60-66-81(86)94-72-79(100-83(88)67-61-55-49-43-38-33-28-25-22-21-24-26-30-35-40-45-51-57-63-75(3)4)74-98-102(91,92)96-70-77(84)69-95-101(89,90)97-73-78(71-93-80(85)65-59-53-47-16-14-12-10-8-2)99-82(87)68-62-56-50-44-39-34-29-31-36-41-46-52-58-64-76(5)6/h75-79,84H,7-74H2,1-6H3,(H,89,90)(H,91,92)/t77-,78+,79+/m0/s1. The van der Waals surface area contributed by atoms with Gasteiger partial charge in [0.05, 0.1) is 26.4 Å². The third-order valence-electron chi connectivity index (χ3n) is 19.5. The van der Waals surface area contributed by atoms with Gasteiger partial charge in [-0.25, -0.2) is 9.13 Å². The van der Waals surface area contributed by atoms with Crippen LogP contribution in [0.15, 0.2) is 0 Å². The van der Waals surface area contributed by atoms with E-state index in [0.717, 1.165) is 108 Å². The molecule has 0 rings (SSSR count). The second-order valence-corrected chi connectivity index (χ2v) is 33.7. The zero-order valence-corrected chi connectivity index (χ0v) is 68.7. The predicted molar refractivity (Wildman–Crippen MR) is 418 cm³/mol. The zero-order valence-electron chi connectivity index (χ0n) is 66.9. The molecule has 0 heterocycles. The molecule has 5 atom stereocenters. The largest absolute Gasteiger partial charge is 0.472 e. The lowest BCUT2D eigenvalue weighted by molar-refractivity contribution is -0.161. The summed E-state index contributed by atoms with van der Waals surface area (Å²) in [5.74, 6) is -0.501. The quantitative estimate of drug-likeness (QED) is 0.0222. The number of phosphoric acid groups is 2. The van der Waals surface area contributed by atoms with Crippen molar-refractivity contribution < 1.29 is 80.2 Å². The Morgan fingerprint density at radius 3 is 0.667 bits per heavy atom. The zero-order chi connectivity index (χ0) is 74.9. The Hall–Kier alpha value is -1.94. The summed E-state index contributed by atoms with van der Waals surface area (Å²) < 4.78 is 68.7. The van der Waals surface area contributed by atoms with Crippen LogP contribution >= 0.6 is 15.6 Å². The van der Waals surface area contributed by atoms with E-state index in [2.05, 4.69) is 41.5 Å². The van der Waals surface area contributed by atoms with Gasteiger partial charge in [-0.1, -0.05) is 388 Å². The van der Waals surface area contributed by atoms with Gasteiger partial charge in [-0.3, -0.25) is 37.3 Å². The lowest BCUT2D eigenvalue weighted by atomic mass is 10.0. The van der Waals surface area contributed by atoms with Gasteiger partial charge in [0, 0.05) is 25.7 Å². The van der Waals surface area contributed by atoms with Crippen LogP contribution in [0.25, 0.3) is 0 Å². The number of carbonyl (C=O) groups is 4. The Morgan fingerprint density at radius 1 is 0.265 bits per heavy atom. The molecule has 0 radical (unpaired) electrons. The van der Waals surface area contributed by atoms with Crippen LogP contribution in [0.2, 0.25) is 0 Å². The molecule has 0 spiro atoms. The lowest BCUT2D eigenvalue weighted by Gasteiger charge is -2.21. The van der Waals surface area contributed by atoms with Gasteiger partial charge in [-0.2, -0.15) is 0 Å². The Balaban J connectivity index is 5.19. The maximum absolute atomic E-state index is 13.1. The number of rotatable bonds is 82. The fourth-order valence-corrected chi connectivity index (χ4v) is 14.5. The molecule has 0 amide bonds. The van der Waals surface area contributed by atoms with Gasteiger partial charge in [0.2, 0.25) is 0 Å². The number of aliphatic hydroxyl groups is 1. The van der Waals surface area contributed by atoms with E-state index in [9.17, 15) is 43.2 Å². The van der Waals surface area contributed by atoms with Gasteiger partial charge in [-0.15, -0.1) is 0 Å². The third-order valence-corrected chi connectivity index (χ3v) is 21.4. The number of phosphoric ester groups is 2. The van der Waals surface area contributed by atoms with Gasteiger partial charge in [-0.05, 0) is 37.5 Å². The highest BCUT2D eigenvalue weighted by molar-refractivity contribution is 7.47. The molecule has 0 aliphatic carbocycles. The van der Waals surface area contributed by atoms with Crippen molar-refractivity contribution in [3.05, 3.63) is 0 Å². The number of carbonyl (C=O) groups excluding carboxylic acids is 4. The third kappa shape index (κ3) is 76.3. The summed E-state index contributed by atoms with van der Waals surface area (Å²) in [6, 6.07) is 0. The monoisotopic (exact) mass is 1490 g/mol. The first-order valence-corrected chi connectivity index (χ1v) is 46.0. The van der Waals surface area contributed by atoms with E-state index in [-0.39, 0.29) is 25.7 Å². The van der Waals surface area contributed by atoms with Crippen molar-refractivity contribution in [2.45, 2.75) is 458 Å². The smallest absolute Gasteiger partial charge is 0.462 e. The number of hydrogen-bond acceptors (Lipinski definition) is 15. The molecular weight excluding hydrogens is 1330 g/mol. The van der Waals surface area contributed by atoms with Crippen molar-refractivity contribution >= 4 is 39.5 Å². The van der Waals surface area contributed by atoms with E-state index in [1.807, 2.05) is 0 Å². The average molecular weight is 1490 g/mol. The molecular formula is C83H162O17P2. The van der Waals surface area contributed by atoms with Crippen LogP contribution in [0.4, 0.5) is 0 Å². The summed E-state index contributed by atoms with van der Waals surface area (Å²) in [5.41, 5.74) is 0. The van der Waals surface area contributed by atoms with Crippen molar-refractivity contribution in [1.82, 2.24) is 0 Å². The fourth-order valence-electron chi connectivity index (χ4n) is 12.9. The number of hydrogen-bond donors (Lipinski definition) is 3. The van der Waals surface area contributed by atoms with E-state index < -0.39 is 97.5 Å². The molecule has 0 aromatic rings. The number of unbranched alkanes of at least 4 members (excludes halogenated alkanes) is 52. The molecule has 0 aromatic carbocycles. The van der Waals surface area contributed by atoms with Crippen molar-refractivity contribution in [3.63, 3.8) is 0 Å². The molecule has 0 fully saturated rings. The number of ether oxygens (including phenoxy) is 4. The molecule has 2 unspecified atom stereocenters. The minimum Gasteiger partial charge on any atom is -0.462 e. The van der Waals surface area contributed by atoms with E-state index in [0.29, 0.717) is 25.7 Å². The molecule has 0 aliphatic heterocycles. The number of esters is 4. The summed E-state index contributed by atoms with van der Waals surface area (Å²) in [5, 5.41) is 10.6. The first kappa shape index (κ1) is 100. The SMILES string of the molecule is CCCCCCCCCCCCCCCCCCCC(=O)OC[C@H](COP(=O)(O)OC[C@@H](O)COP(=O)(O)OC[C@@H](COC(=O)CCCCCCCCCC)OC(=O)CCCCCCCCCCCCCCCC(C)C)OC(=O)CCCCCCCCCCCCCCCCCCCCC(C)C. The van der Waals surface area contributed by atoms with Crippen molar-refractivity contribution in [1.29, 1.82) is 0 Å². The molecule has 102 heavy (non-hydrogen) atoms. The summed E-state index contributed by atoms with van der Waals surface area (Å²) in [6.07, 6.45) is 65.3. The molecule has 0 bridgehead atoms. The average Bonchev–Trinajstić information content (AvgIpc) is 0.919. The maximum atomic E-state index is 13.1. The Morgan fingerprint density at radius 2 is 0.451 bits per heavy atom. The summed E-state index contributed by atoms with van der Waals surface area (Å²) >= 11 is 0. The van der Waals surface area contributed by atoms with E-state index in [1.165, 1.54) is 250 Å². The molecule has 0 aromatic heterocycles. The Labute approximate surface area is 626 Å². The number of aliphatic hydroxyl groups excluding tert-OH is 1. The molecule has 606 valence electrons. The highest BCUT2D eigenvalue weighted by Crippen LogP contribution is 2.45. The molecule has 0 aliphatic rings. The first-order valence-electron chi connectivity index (χ1n) is 43.0. The summed E-state index contributed by atoms with van der Waals surface area (Å²) in [7, 11) is -9.92. The van der Waals surface area contributed by atoms with Gasteiger partial charge < -0.3 is 33.8 Å². The normalized spacial score (nSPS) is 13.9. The van der Waals surface area contributed by atoms with E-state index in [1.54, 1.807) is 0 Å². The molecule has 17 nitrogen and oxygen atoms in total.